The Labute approximate surface area is 151 Å². The summed E-state index contributed by atoms with van der Waals surface area (Å²) in [5.74, 6) is 1.00. The third kappa shape index (κ3) is 3.08. The van der Waals surface area contributed by atoms with Gasteiger partial charge in [0.2, 0.25) is 10.0 Å². The van der Waals surface area contributed by atoms with E-state index >= 15 is 0 Å². The molecular weight excluding hydrogens is 356 g/mol. The Morgan fingerprint density at radius 1 is 1.08 bits per heavy atom. The first kappa shape index (κ1) is 16.7. The molecule has 1 N–H and O–H groups in total. The lowest BCUT2D eigenvalue weighted by Gasteiger charge is -2.19. The second kappa shape index (κ2) is 6.21. The summed E-state index contributed by atoms with van der Waals surface area (Å²) < 4.78 is 35.9. The van der Waals surface area contributed by atoms with Crippen molar-refractivity contribution in [1.82, 2.24) is 0 Å². The number of carbonyl (C=O) groups is 1. The molecule has 0 aromatic heterocycles. The minimum Gasteiger partial charge on any atom is -0.486 e. The van der Waals surface area contributed by atoms with Crippen molar-refractivity contribution in [2.45, 2.75) is 6.42 Å². The number of fused-ring (bicyclic) bond motifs is 2. The Bertz CT molecular complexity index is 987. The molecule has 26 heavy (non-hydrogen) atoms. The van der Waals surface area contributed by atoms with E-state index in [1.165, 1.54) is 10.6 Å². The van der Waals surface area contributed by atoms with Gasteiger partial charge in [0, 0.05) is 23.9 Å². The fourth-order valence-electron chi connectivity index (χ4n) is 3.18. The van der Waals surface area contributed by atoms with Crippen LogP contribution in [0.5, 0.6) is 11.5 Å². The van der Waals surface area contributed by atoms with Crippen LogP contribution in [0.3, 0.4) is 0 Å². The molecule has 136 valence electrons. The SMILES string of the molecule is CS(=O)(=O)N1CCc2cc(C(=O)Nc3ccc4c(c3)OCCO4)ccc21. The second-order valence-corrected chi connectivity index (χ2v) is 8.15. The maximum atomic E-state index is 12.5. The highest BCUT2D eigenvalue weighted by Crippen LogP contribution is 2.33. The van der Waals surface area contributed by atoms with Crippen molar-refractivity contribution < 1.29 is 22.7 Å². The van der Waals surface area contributed by atoms with Crippen molar-refractivity contribution in [3.8, 4) is 11.5 Å². The predicted octanol–water partition coefficient (Wildman–Crippen LogP) is 2.03. The summed E-state index contributed by atoms with van der Waals surface area (Å²) in [4.78, 5) is 12.5. The van der Waals surface area contributed by atoms with E-state index < -0.39 is 10.0 Å². The molecule has 0 unspecified atom stereocenters. The third-order valence-electron chi connectivity index (χ3n) is 4.39. The van der Waals surface area contributed by atoms with E-state index in [0.29, 0.717) is 54.6 Å². The van der Waals surface area contributed by atoms with E-state index in [2.05, 4.69) is 5.32 Å². The van der Waals surface area contributed by atoms with Crippen LogP contribution in [0.15, 0.2) is 36.4 Å². The van der Waals surface area contributed by atoms with Crippen LogP contribution in [-0.4, -0.2) is 40.3 Å². The highest BCUT2D eigenvalue weighted by atomic mass is 32.2. The Morgan fingerprint density at radius 3 is 2.62 bits per heavy atom. The smallest absolute Gasteiger partial charge is 0.255 e. The standard InChI is InChI=1S/C18H18N2O5S/c1-26(22,23)20-7-6-12-10-13(2-4-15(12)20)18(21)19-14-3-5-16-17(11-14)25-9-8-24-16/h2-5,10-11H,6-9H2,1H3,(H,19,21). The van der Waals surface area contributed by atoms with Crippen LogP contribution in [0.2, 0.25) is 0 Å². The zero-order valence-corrected chi connectivity index (χ0v) is 15.0. The molecule has 2 aliphatic heterocycles. The molecule has 8 heteroatoms. The number of nitrogens with one attached hydrogen (secondary N) is 1. The molecule has 7 nitrogen and oxygen atoms in total. The Balaban J connectivity index is 1.54. The zero-order chi connectivity index (χ0) is 18.3. The van der Waals surface area contributed by atoms with Crippen molar-refractivity contribution in [3.63, 3.8) is 0 Å². The fraction of sp³-hybridized carbons (Fsp3) is 0.278. The van der Waals surface area contributed by atoms with E-state index in [9.17, 15) is 13.2 Å². The minimum atomic E-state index is -3.30. The van der Waals surface area contributed by atoms with Gasteiger partial charge in [-0.2, -0.15) is 0 Å². The van der Waals surface area contributed by atoms with Gasteiger partial charge in [-0.05, 0) is 42.3 Å². The lowest BCUT2D eigenvalue weighted by molar-refractivity contribution is 0.102. The number of ether oxygens (including phenoxy) is 2. The van der Waals surface area contributed by atoms with Gasteiger partial charge in [-0.1, -0.05) is 0 Å². The van der Waals surface area contributed by atoms with Gasteiger partial charge in [-0.15, -0.1) is 0 Å². The molecule has 0 atom stereocenters. The molecule has 2 aromatic carbocycles. The van der Waals surface area contributed by atoms with Crippen LogP contribution in [0.25, 0.3) is 0 Å². The number of rotatable bonds is 3. The number of nitrogens with zero attached hydrogens (tertiary/aromatic N) is 1. The lowest BCUT2D eigenvalue weighted by atomic mass is 10.1. The van der Waals surface area contributed by atoms with E-state index in [-0.39, 0.29) is 5.91 Å². The summed E-state index contributed by atoms with van der Waals surface area (Å²) in [5.41, 5.74) is 2.58. The summed E-state index contributed by atoms with van der Waals surface area (Å²) in [6.07, 6.45) is 1.78. The van der Waals surface area contributed by atoms with Gasteiger partial charge in [0.1, 0.15) is 13.2 Å². The van der Waals surface area contributed by atoms with Gasteiger partial charge >= 0.3 is 0 Å². The van der Waals surface area contributed by atoms with Crippen molar-refractivity contribution in [3.05, 3.63) is 47.5 Å². The number of anilines is 2. The average molecular weight is 374 g/mol. The lowest BCUT2D eigenvalue weighted by Crippen LogP contribution is -2.27. The molecular formula is C18H18N2O5S. The molecule has 4 rings (SSSR count). The molecule has 0 aliphatic carbocycles. The van der Waals surface area contributed by atoms with Crippen molar-refractivity contribution in [2.75, 3.05) is 35.6 Å². The number of carbonyl (C=O) groups excluding carboxylic acids is 1. The third-order valence-corrected chi connectivity index (χ3v) is 5.57. The fourth-order valence-corrected chi connectivity index (χ4v) is 4.14. The Morgan fingerprint density at radius 2 is 1.85 bits per heavy atom. The molecule has 0 saturated heterocycles. The van der Waals surface area contributed by atoms with Crippen LogP contribution in [-0.2, 0) is 16.4 Å². The molecule has 0 fully saturated rings. The molecule has 0 radical (unpaired) electrons. The number of sulfonamides is 1. The average Bonchev–Trinajstić information content (AvgIpc) is 3.05. The quantitative estimate of drug-likeness (QED) is 0.889. The second-order valence-electron chi connectivity index (χ2n) is 6.24. The van der Waals surface area contributed by atoms with E-state index in [0.717, 1.165) is 5.56 Å². The summed E-state index contributed by atoms with van der Waals surface area (Å²) in [7, 11) is -3.30. The highest BCUT2D eigenvalue weighted by Gasteiger charge is 2.26. The van der Waals surface area contributed by atoms with Gasteiger partial charge in [0.25, 0.3) is 5.91 Å². The maximum Gasteiger partial charge on any atom is 0.255 e. The van der Waals surface area contributed by atoms with E-state index in [4.69, 9.17) is 9.47 Å². The maximum absolute atomic E-state index is 12.5. The number of benzene rings is 2. The molecule has 0 saturated carbocycles. The van der Waals surface area contributed by atoms with Crippen molar-refractivity contribution in [1.29, 1.82) is 0 Å². The van der Waals surface area contributed by atoms with Crippen molar-refractivity contribution in [2.24, 2.45) is 0 Å². The first-order chi connectivity index (χ1) is 12.4. The Kier molecular flexibility index (Phi) is 3.99. The highest BCUT2D eigenvalue weighted by molar-refractivity contribution is 7.92. The van der Waals surface area contributed by atoms with Crippen LogP contribution in [0.4, 0.5) is 11.4 Å². The normalized spacial score (nSPS) is 15.5. The van der Waals surface area contributed by atoms with Gasteiger partial charge in [-0.3, -0.25) is 9.10 Å². The molecule has 0 spiro atoms. The van der Waals surface area contributed by atoms with E-state index in [1.807, 2.05) is 0 Å². The van der Waals surface area contributed by atoms with Crippen LogP contribution in [0, 0.1) is 0 Å². The van der Waals surface area contributed by atoms with Gasteiger partial charge in [0.15, 0.2) is 11.5 Å². The molecule has 2 aliphatic rings. The molecule has 0 bridgehead atoms. The van der Waals surface area contributed by atoms with Crippen molar-refractivity contribution >= 4 is 27.3 Å². The minimum absolute atomic E-state index is 0.262. The van der Waals surface area contributed by atoms with Gasteiger partial charge < -0.3 is 14.8 Å². The molecule has 2 heterocycles. The summed E-state index contributed by atoms with van der Waals surface area (Å²) in [6, 6.07) is 10.3. The monoisotopic (exact) mass is 374 g/mol. The summed E-state index contributed by atoms with van der Waals surface area (Å²) >= 11 is 0. The first-order valence-corrected chi connectivity index (χ1v) is 10.1. The zero-order valence-electron chi connectivity index (χ0n) is 14.2. The number of hydrogen-bond acceptors (Lipinski definition) is 5. The molecule has 2 aromatic rings. The summed E-state index contributed by atoms with van der Waals surface area (Å²) in [6.45, 7) is 1.39. The largest absolute Gasteiger partial charge is 0.486 e. The first-order valence-electron chi connectivity index (χ1n) is 8.23. The Hall–Kier alpha value is -2.74. The van der Waals surface area contributed by atoms with Crippen LogP contribution in [0.1, 0.15) is 15.9 Å². The van der Waals surface area contributed by atoms with Gasteiger partial charge in [0.05, 0.1) is 11.9 Å². The topological polar surface area (TPSA) is 84.9 Å². The number of hydrogen-bond donors (Lipinski definition) is 1. The van der Waals surface area contributed by atoms with Crippen LogP contribution >= 0.6 is 0 Å². The van der Waals surface area contributed by atoms with E-state index in [1.54, 1.807) is 36.4 Å². The number of amides is 1. The predicted molar refractivity (Wildman–Crippen MR) is 97.7 cm³/mol. The van der Waals surface area contributed by atoms with Gasteiger partial charge in [-0.25, -0.2) is 8.42 Å². The molecule has 1 amide bonds. The van der Waals surface area contributed by atoms with Crippen LogP contribution < -0.4 is 19.1 Å². The summed E-state index contributed by atoms with van der Waals surface area (Å²) in [5, 5.41) is 2.83.